The van der Waals surface area contributed by atoms with Crippen molar-refractivity contribution in [1.29, 1.82) is 0 Å². The van der Waals surface area contributed by atoms with Gasteiger partial charge in [0.05, 0.1) is 11.0 Å². The highest BCUT2D eigenvalue weighted by atomic mass is 35.5. The molecule has 0 saturated carbocycles. The van der Waals surface area contributed by atoms with E-state index in [-0.39, 0.29) is 11.0 Å². The van der Waals surface area contributed by atoms with Crippen LogP contribution in [0.3, 0.4) is 0 Å². The van der Waals surface area contributed by atoms with Gasteiger partial charge >= 0.3 is 0 Å². The van der Waals surface area contributed by atoms with E-state index in [0.29, 0.717) is 28.1 Å². The summed E-state index contributed by atoms with van der Waals surface area (Å²) in [5, 5.41) is 7.16. The molecule has 1 aliphatic heterocycles. The predicted octanol–water partition coefficient (Wildman–Crippen LogP) is 3.91. The zero-order valence-corrected chi connectivity index (χ0v) is 17.8. The van der Waals surface area contributed by atoms with E-state index in [4.69, 9.17) is 28.6 Å². The van der Waals surface area contributed by atoms with E-state index in [1.54, 1.807) is 42.5 Å². The van der Waals surface area contributed by atoms with Gasteiger partial charge in [0.15, 0.2) is 5.11 Å². The van der Waals surface area contributed by atoms with E-state index >= 15 is 0 Å². The molecule has 0 aliphatic carbocycles. The second-order valence-electron chi connectivity index (χ2n) is 6.56. The van der Waals surface area contributed by atoms with Gasteiger partial charge < -0.3 is 15.4 Å². The molecule has 3 N–H and O–H groups in total. The Hall–Kier alpha value is -1.87. The maximum Gasteiger partial charge on any atom is 0.261 e. The van der Waals surface area contributed by atoms with E-state index in [0.717, 1.165) is 25.0 Å². The van der Waals surface area contributed by atoms with Crippen LogP contribution in [-0.2, 0) is 14.8 Å². The molecule has 2 aromatic carbocycles. The molecule has 3 rings (SSSR count). The van der Waals surface area contributed by atoms with E-state index < -0.39 is 10.0 Å². The van der Waals surface area contributed by atoms with Gasteiger partial charge in [-0.3, -0.25) is 4.72 Å². The van der Waals surface area contributed by atoms with Gasteiger partial charge in [-0.2, -0.15) is 0 Å². The standard InChI is InChI=1S/C19H22ClN3O3S2/c1-13-4-9-17(28(24,25)23-15-7-5-14(20)6-8-15)11-18(13)22-19(27)21-12-16-3-2-10-26-16/h4-9,11,16,23H,2-3,10,12H2,1H3,(H2,21,22,27). The number of thiocarbonyl (C=S) groups is 1. The van der Waals surface area contributed by atoms with Gasteiger partial charge in [0, 0.05) is 29.5 Å². The number of hydrogen-bond acceptors (Lipinski definition) is 4. The third-order valence-electron chi connectivity index (χ3n) is 4.38. The molecule has 6 nitrogen and oxygen atoms in total. The molecule has 0 aromatic heterocycles. The Bertz CT molecular complexity index is 943. The van der Waals surface area contributed by atoms with Crippen LogP contribution in [0, 0.1) is 6.92 Å². The highest BCUT2D eigenvalue weighted by Crippen LogP contribution is 2.23. The summed E-state index contributed by atoms with van der Waals surface area (Å²) in [5.41, 5.74) is 1.95. The van der Waals surface area contributed by atoms with Crippen LogP contribution in [-0.4, -0.2) is 32.8 Å². The lowest BCUT2D eigenvalue weighted by Gasteiger charge is -2.16. The minimum Gasteiger partial charge on any atom is -0.376 e. The molecule has 1 saturated heterocycles. The van der Waals surface area contributed by atoms with E-state index in [2.05, 4.69) is 15.4 Å². The first-order chi connectivity index (χ1) is 13.3. The van der Waals surface area contributed by atoms with Crippen molar-refractivity contribution in [3.63, 3.8) is 0 Å². The van der Waals surface area contributed by atoms with Gasteiger partial charge in [-0.05, 0) is 73.9 Å². The Kier molecular flexibility index (Phi) is 6.77. The molecule has 1 fully saturated rings. The van der Waals surface area contributed by atoms with Crippen molar-refractivity contribution in [2.75, 3.05) is 23.2 Å². The van der Waals surface area contributed by atoms with Crippen LogP contribution in [0.5, 0.6) is 0 Å². The Morgan fingerprint density at radius 3 is 2.68 bits per heavy atom. The number of nitrogens with one attached hydrogen (secondary N) is 3. The molecular weight excluding hydrogens is 418 g/mol. The van der Waals surface area contributed by atoms with Crippen LogP contribution in [0.15, 0.2) is 47.4 Å². The quantitative estimate of drug-likeness (QED) is 0.592. The van der Waals surface area contributed by atoms with Gasteiger partial charge in [-0.1, -0.05) is 17.7 Å². The van der Waals surface area contributed by atoms with E-state index in [1.807, 2.05) is 6.92 Å². The molecular formula is C19H22ClN3O3S2. The molecule has 9 heteroatoms. The first kappa shape index (κ1) is 20.9. The molecule has 150 valence electrons. The molecule has 1 atom stereocenters. The van der Waals surface area contributed by atoms with Crippen molar-refractivity contribution < 1.29 is 13.2 Å². The average molecular weight is 440 g/mol. The maximum absolute atomic E-state index is 12.7. The van der Waals surface area contributed by atoms with Crippen LogP contribution < -0.4 is 15.4 Å². The largest absolute Gasteiger partial charge is 0.376 e. The Morgan fingerprint density at radius 1 is 1.25 bits per heavy atom. The molecule has 1 heterocycles. The van der Waals surface area contributed by atoms with Crippen molar-refractivity contribution >= 4 is 50.3 Å². The van der Waals surface area contributed by atoms with Gasteiger partial charge in [0.25, 0.3) is 10.0 Å². The lowest BCUT2D eigenvalue weighted by Crippen LogP contribution is -2.35. The average Bonchev–Trinajstić information content (AvgIpc) is 3.17. The first-order valence-corrected chi connectivity index (χ1v) is 11.2. The SMILES string of the molecule is Cc1ccc(S(=O)(=O)Nc2ccc(Cl)cc2)cc1NC(=S)NCC1CCCO1. The maximum atomic E-state index is 12.7. The van der Waals surface area contributed by atoms with Crippen molar-refractivity contribution in [3.8, 4) is 0 Å². The normalized spacial score (nSPS) is 16.6. The van der Waals surface area contributed by atoms with Gasteiger partial charge in [-0.15, -0.1) is 0 Å². The van der Waals surface area contributed by atoms with Gasteiger partial charge in [0.1, 0.15) is 0 Å². The molecule has 1 unspecified atom stereocenters. The van der Waals surface area contributed by atoms with Crippen LogP contribution in [0.1, 0.15) is 18.4 Å². The zero-order valence-electron chi connectivity index (χ0n) is 15.4. The number of ether oxygens (including phenoxy) is 1. The number of halogens is 1. The number of benzene rings is 2. The van der Waals surface area contributed by atoms with Crippen LogP contribution in [0.4, 0.5) is 11.4 Å². The number of anilines is 2. The topological polar surface area (TPSA) is 79.5 Å². The monoisotopic (exact) mass is 439 g/mol. The van der Waals surface area contributed by atoms with Crippen LogP contribution >= 0.6 is 23.8 Å². The third-order valence-corrected chi connectivity index (χ3v) is 6.26. The second kappa shape index (κ2) is 9.09. The molecule has 0 spiro atoms. The summed E-state index contributed by atoms with van der Waals surface area (Å²) in [6.07, 6.45) is 2.24. The lowest BCUT2D eigenvalue weighted by molar-refractivity contribution is 0.114. The van der Waals surface area contributed by atoms with Crippen LogP contribution in [0.2, 0.25) is 5.02 Å². The summed E-state index contributed by atoms with van der Waals surface area (Å²) >= 11 is 11.2. The van der Waals surface area contributed by atoms with Crippen molar-refractivity contribution in [2.45, 2.75) is 30.8 Å². The van der Waals surface area contributed by atoms with Gasteiger partial charge in [0.2, 0.25) is 0 Å². The molecule has 28 heavy (non-hydrogen) atoms. The summed E-state index contributed by atoms with van der Waals surface area (Å²) in [7, 11) is -3.74. The number of aryl methyl sites for hydroxylation is 1. The van der Waals surface area contributed by atoms with Crippen molar-refractivity contribution in [3.05, 3.63) is 53.1 Å². The van der Waals surface area contributed by atoms with Gasteiger partial charge in [-0.25, -0.2) is 8.42 Å². The molecule has 0 radical (unpaired) electrons. The minimum absolute atomic E-state index is 0.137. The second-order valence-corrected chi connectivity index (χ2v) is 9.09. The smallest absolute Gasteiger partial charge is 0.261 e. The molecule has 0 amide bonds. The van der Waals surface area contributed by atoms with E-state index in [9.17, 15) is 8.42 Å². The molecule has 0 bridgehead atoms. The van der Waals surface area contributed by atoms with Crippen molar-refractivity contribution in [2.24, 2.45) is 0 Å². The fraction of sp³-hybridized carbons (Fsp3) is 0.316. The number of hydrogen-bond donors (Lipinski definition) is 3. The minimum atomic E-state index is -3.74. The summed E-state index contributed by atoms with van der Waals surface area (Å²) in [5.74, 6) is 0. The van der Waals surface area contributed by atoms with Crippen LogP contribution in [0.25, 0.3) is 0 Å². The Morgan fingerprint density at radius 2 is 2.00 bits per heavy atom. The Balaban J connectivity index is 1.69. The third kappa shape index (κ3) is 5.57. The summed E-state index contributed by atoms with van der Waals surface area (Å²) in [6, 6.07) is 11.3. The molecule has 1 aliphatic rings. The first-order valence-electron chi connectivity index (χ1n) is 8.89. The summed E-state index contributed by atoms with van der Waals surface area (Å²) < 4.78 is 33.5. The summed E-state index contributed by atoms with van der Waals surface area (Å²) in [4.78, 5) is 0.137. The fourth-order valence-corrected chi connectivity index (χ4v) is 4.22. The zero-order chi connectivity index (χ0) is 20.1. The van der Waals surface area contributed by atoms with Crippen molar-refractivity contribution in [1.82, 2.24) is 5.32 Å². The summed E-state index contributed by atoms with van der Waals surface area (Å²) in [6.45, 7) is 3.29. The Labute approximate surface area is 175 Å². The molecule has 2 aromatic rings. The van der Waals surface area contributed by atoms with E-state index in [1.165, 1.54) is 0 Å². The number of sulfonamides is 1. The lowest BCUT2D eigenvalue weighted by atomic mass is 10.2. The predicted molar refractivity (Wildman–Crippen MR) is 117 cm³/mol. The highest BCUT2D eigenvalue weighted by molar-refractivity contribution is 7.92. The fourth-order valence-electron chi connectivity index (χ4n) is 2.81. The highest BCUT2D eigenvalue weighted by Gasteiger charge is 2.17. The number of rotatable bonds is 6.